The molecule has 2 aromatic carbocycles. The Balaban J connectivity index is 1.55. The van der Waals surface area contributed by atoms with E-state index in [1.54, 1.807) is 49.6 Å². The quantitative estimate of drug-likeness (QED) is 0.523. The lowest BCUT2D eigenvalue weighted by molar-refractivity contribution is -0.137. The molecule has 128 valence electrons. The smallest absolute Gasteiger partial charge is 0.384 e. The number of aliphatic hydroxyl groups is 1. The summed E-state index contributed by atoms with van der Waals surface area (Å²) in [6, 6.07) is 12.1. The van der Waals surface area contributed by atoms with Crippen molar-refractivity contribution in [2.45, 2.75) is 12.7 Å². The van der Waals surface area contributed by atoms with Gasteiger partial charge in [-0.25, -0.2) is 4.79 Å². The molecule has 0 amide bonds. The van der Waals surface area contributed by atoms with Crippen molar-refractivity contribution in [2.75, 3.05) is 13.9 Å². The van der Waals surface area contributed by atoms with Crippen LogP contribution < -0.4 is 14.2 Å². The van der Waals surface area contributed by atoms with Gasteiger partial charge in [0.2, 0.25) is 6.79 Å². The van der Waals surface area contributed by atoms with E-state index in [0.717, 1.165) is 11.3 Å². The molecular formula is C19H16O6. The molecule has 1 heterocycles. The van der Waals surface area contributed by atoms with Gasteiger partial charge in [0.25, 0.3) is 0 Å². The van der Waals surface area contributed by atoms with Crippen molar-refractivity contribution in [3.8, 4) is 29.1 Å². The Labute approximate surface area is 144 Å². The Kier molecular flexibility index (Phi) is 5.07. The highest BCUT2D eigenvalue weighted by Crippen LogP contribution is 2.34. The molecule has 1 aliphatic rings. The van der Waals surface area contributed by atoms with Crippen molar-refractivity contribution in [1.82, 2.24) is 0 Å². The lowest BCUT2D eigenvalue weighted by Crippen LogP contribution is -2.02. The summed E-state index contributed by atoms with van der Waals surface area (Å²) in [5.74, 6) is 5.91. The molecule has 0 aromatic heterocycles. The number of carbonyl (C=O) groups excluding carboxylic acids is 1. The SMILES string of the molecule is COc1ccc(COC(=O)C#CC(O)c2ccc3c(c2)OCO3)cc1. The van der Waals surface area contributed by atoms with E-state index in [2.05, 4.69) is 11.8 Å². The second-order valence-corrected chi connectivity index (χ2v) is 5.21. The van der Waals surface area contributed by atoms with Gasteiger partial charge in [-0.15, -0.1) is 0 Å². The number of hydrogen-bond acceptors (Lipinski definition) is 6. The van der Waals surface area contributed by atoms with E-state index in [4.69, 9.17) is 18.9 Å². The van der Waals surface area contributed by atoms with Gasteiger partial charge in [-0.05, 0) is 35.4 Å². The van der Waals surface area contributed by atoms with Crippen LogP contribution in [0.4, 0.5) is 0 Å². The van der Waals surface area contributed by atoms with E-state index in [0.29, 0.717) is 17.1 Å². The second-order valence-electron chi connectivity index (χ2n) is 5.21. The van der Waals surface area contributed by atoms with Crippen LogP contribution in [-0.2, 0) is 16.1 Å². The van der Waals surface area contributed by atoms with Gasteiger partial charge in [0, 0.05) is 5.92 Å². The fourth-order valence-corrected chi connectivity index (χ4v) is 2.20. The van der Waals surface area contributed by atoms with Gasteiger partial charge >= 0.3 is 5.97 Å². The number of benzene rings is 2. The van der Waals surface area contributed by atoms with Crippen LogP contribution in [0.1, 0.15) is 17.2 Å². The summed E-state index contributed by atoms with van der Waals surface area (Å²) in [5.41, 5.74) is 1.33. The van der Waals surface area contributed by atoms with Crippen molar-refractivity contribution >= 4 is 5.97 Å². The minimum atomic E-state index is -1.12. The molecule has 1 aliphatic heterocycles. The topological polar surface area (TPSA) is 74.2 Å². The largest absolute Gasteiger partial charge is 0.497 e. The molecule has 0 aliphatic carbocycles. The summed E-state index contributed by atoms with van der Waals surface area (Å²) in [6.07, 6.45) is -1.12. The minimum absolute atomic E-state index is 0.0949. The predicted molar refractivity (Wildman–Crippen MR) is 88.1 cm³/mol. The minimum Gasteiger partial charge on any atom is -0.497 e. The monoisotopic (exact) mass is 340 g/mol. The number of aliphatic hydroxyl groups excluding tert-OH is 1. The van der Waals surface area contributed by atoms with Crippen LogP contribution in [0.15, 0.2) is 42.5 Å². The highest BCUT2D eigenvalue weighted by molar-refractivity contribution is 5.88. The van der Waals surface area contributed by atoms with Gasteiger partial charge in [-0.2, -0.15) is 0 Å². The third-order valence-corrected chi connectivity index (χ3v) is 3.55. The van der Waals surface area contributed by atoms with Crippen LogP contribution >= 0.6 is 0 Å². The maximum absolute atomic E-state index is 11.7. The Hall–Kier alpha value is -3.17. The van der Waals surface area contributed by atoms with Gasteiger partial charge in [-0.3, -0.25) is 0 Å². The normalized spacial score (nSPS) is 12.7. The molecule has 2 aromatic rings. The molecule has 1 unspecified atom stereocenters. The molecule has 0 bridgehead atoms. The Morgan fingerprint density at radius 3 is 2.72 bits per heavy atom. The van der Waals surface area contributed by atoms with Crippen molar-refractivity contribution in [1.29, 1.82) is 0 Å². The number of esters is 1. The molecule has 0 spiro atoms. The van der Waals surface area contributed by atoms with Gasteiger partial charge in [0.05, 0.1) is 7.11 Å². The number of carbonyl (C=O) groups is 1. The lowest BCUT2D eigenvalue weighted by Gasteiger charge is -2.05. The van der Waals surface area contributed by atoms with Crippen molar-refractivity contribution in [2.24, 2.45) is 0 Å². The van der Waals surface area contributed by atoms with E-state index >= 15 is 0 Å². The van der Waals surface area contributed by atoms with Gasteiger partial charge in [0.15, 0.2) is 11.5 Å². The predicted octanol–water partition coefficient (Wildman–Crippen LogP) is 2.20. The van der Waals surface area contributed by atoms with E-state index in [-0.39, 0.29) is 13.4 Å². The van der Waals surface area contributed by atoms with Crippen LogP contribution in [0.3, 0.4) is 0 Å². The first-order valence-corrected chi connectivity index (χ1v) is 7.54. The number of methoxy groups -OCH3 is 1. The van der Waals surface area contributed by atoms with Crippen molar-refractivity contribution in [3.63, 3.8) is 0 Å². The van der Waals surface area contributed by atoms with Crippen LogP contribution in [-0.4, -0.2) is 25.0 Å². The third-order valence-electron chi connectivity index (χ3n) is 3.55. The average molecular weight is 340 g/mol. The maximum Gasteiger partial charge on any atom is 0.384 e. The highest BCUT2D eigenvalue weighted by Gasteiger charge is 2.15. The number of ether oxygens (including phenoxy) is 4. The third kappa shape index (κ3) is 4.22. The number of hydrogen-bond donors (Lipinski definition) is 1. The summed E-state index contributed by atoms with van der Waals surface area (Å²) >= 11 is 0. The van der Waals surface area contributed by atoms with E-state index in [1.807, 2.05) is 0 Å². The fraction of sp³-hybridized carbons (Fsp3) is 0.211. The molecule has 1 atom stereocenters. The van der Waals surface area contributed by atoms with Crippen molar-refractivity contribution < 1.29 is 28.8 Å². The van der Waals surface area contributed by atoms with Gasteiger partial charge in [0.1, 0.15) is 18.5 Å². The highest BCUT2D eigenvalue weighted by atomic mass is 16.7. The molecule has 0 saturated heterocycles. The van der Waals surface area contributed by atoms with E-state index in [9.17, 15) is 9.90 Å². The fourth-order valence-electron chi connectivity index (χ4n) is 2.20. The van der Waals surface area contributed by atoms with E-state index in [1.165, 1.54) is 0 Å². The maximum atomic E-state index is 11.7. The van der Waals surface area contributed by atoms with Crippen LogP contribution in [0.5, 0.6) is 17.2 Å². The second kappa shape index (κ2) is 7.60. The lowest BCUT2D eigenvalue weighted by atomic mass is 10.1. The number of rotatable bonds is 4. The number of fused-ring (bicyclic) bond motifs is 1. The molecule has 1 N–H and O–H groups in total. The van der Waals surface area contributed by atoms with E-state index < -0.39 is 12.1 Å². The summed E-state index contributed by atoms with van der Waals surface area (Å²) < 4.78 is 20.5. The first-order chi connectivity index (χ1) is 12.2. The first-order valence-electron chi connectivity index (χ1n) is 7.54. The molecule has 6 nitrogen and oxygen atoms in total. The van der Waals surface area contributed by atoms with Gasteiger partial charge in [-0.1, -0.05) is 24.1 Å². The Morgan fingerprint density at radius 2 is 1.96 bits per heavy atom. The van der Waals surface area contributed by atoms with Crippen molar-refractivity contribution in [3.05, 3.63) is 53.6 Å². The molecule has 0 fully saturated rings. The zero-order chi connectivity index (χ0) is 17.6. The van der Waals surface area contributed by atoms with Gasteiger partial charge < -0.3 is 24.1 Å². The summed E-state index contributed by atoms with van der Waals surface area (Å²) in [6.45, 7) is 0.246. The molecular weight excluding hydrogens is 324 g/mol. The summed E-state index contributed by atoms with van der Waals surface area (Å²) in [5, 5.41) is 10.1. The molecule has 3 rings (SSSR count). The van der Waals surface area contributed by atoms with Crippen LogP contribution in [0, 0.1) is 11.8 Å². The molecule has 6 heteroatoms. The summed E-state index contributed by atoms with van der Waals surface area (Å²) in [7, 11) is 1.58. The van der Waals surface area contributed by atoms with Crippen LogP contribution in [0.2, 0.25) is 0 Å². The molecule has 25 heavy (non-hydrogen) atoms. The Morgan fingerprint density at radius 1 is 1.20 bits per heavy atom. The zero-order valence-corrected chi connectivity index (χ0v) is 13.5. The first kappa shape index (κ1) is 16.7. The summed E-state index contributed by atoms with van der Waals surface area (Å²) in [4.78, 5) is 11.7. The standard InChI is InChI=1S/C19H16O6/c1-22-15-5-2-13(3-6-15)11-23-19(21)9-7-16(20)14-4-8-17-18(10-14)25-12-24-17/h2-6,8,10,16,20H,11-12H2,1H3. The molecule has 0 saturated carbocycles. The average Bonchev–Trinajstić information content (AvgIpc) is 3.12. The van der Waals surface area contributed by atoms with Crippen LogP contribution in [0.25, 0.3) is 0 Å². The zero-order valence-electron chi connectivity index (χ0n) is 13.5. The Bertz CT molecular complexity index is 816. The molecule has 0 radical (unpaired) electrons.